The topological polar surface area (TPSA) is 66.9 Å². The van der Waals surface area contributed by atoms with Crippen molar-refractivity contribution < 1.29 is 22.3 Å². The van der Waals surface area contributed by atoms with E-state index >= 15 is 0 Å². The standard InChI is InChI=1S/C25H28BrFN2O4S2/c1-19-12-15-34-24(19)17-28(16-20-4-8-22(27)9-5-20)25(30)18-29(13-3-14-33-2)35(31,32)23-10-6-21(26)7-11-23/h4-12,15H,3,13-14,16-18H2,1-2H3. The second kappa shape index (κ2) is 12.7. The number of thiophene rings is 1. The molecule has 3 rings (SSSR count). The third-order valence-electron chi connectivity index (χ3n) is 5.46. The van der Waals surface area contributed by atoms with Gasteiger partial charge < -0.3 is 9.64 Å². The monoisotopic (exact) mass is 582 g/mol. The maximum atomic E-state index is 13.5. The van der Waals surface area contributed by atoms with Crippen molar-refractivity contribution in [1.29, 1.82) is 0 Å². The van der Waals surface area contributed by atoms with Crippen molar-refractivity contribution >= 4 is 43.2 Å². The first-order valence-corrected chi connectivity index (χ1v) is 14.1. The predicted molar refractivity (Wildman–Crippen MR) is 139 cm³/mol. The number of methoxy groups -OCH3 is 1. The molecule has 1 aromatic heterocycles. The van der Waals surface area contributed by atoms with Crippen molar-refractivity contribution in [3.63, 3.8) is 0 Å². The van der Waals surface area contributed by atoms with Gasteiger partial charge in [0.2, 0.25) is 15.9 Å². The molecule has 0 aliphatic carbocycles. The van der Waals surface area contributed by atoms with Crippen LogP contribution in [0.5, 0.6) is 0 Å². The molecular formula is C25H28BrFN2O4S2. The molecule has 0 unspecified atom stereocenters. The van der Waals surface area contributed by atoms with Crippen LogP contribution in [0, 0.1) is 12.7 Å². The van der Waals surface area contributed by atoms with Crippen LogP contribution in [0.15, 0.2) is 69.3 Å². The molecule has 0 fully saturated rings. The average Bonchev–Trinajstić information content (AvgIpc) is 3.24. The zero-order valence-corrected chi connectivity index (χ0v) is 22.8. The number of benzene rings is 2. The Bertz CT molecular complexity index is 1220. The highest BCUT2D eigenvalue weighted by atomic mass is 79.9. The van der Waals surface area contributed by atoms with Gasteiger partial charge in [-0.1, -0.05) is 28.1 Å². The van der Waals surface area contributed by atoms with Crippen LogP contribution < -0.4 is 0 Å². The predicted octanol–water partition coefficient (Wildman–Crippen LogP) is 5.21. The van der Waals surface area contributed by atoms with Crippen molar-refractivity contribution in [3.05, 3.63) is 86.3 Å². The molecule has 35 heavy (non-hydrogen) atoms. The fourth-order valence-electron chi connectivity index (χ4n) is 3.46. The summed E-state index contributed by atoms with van der Waals surface area (Å²) in [7, 11) is -2.36. The lowest BCUT2D eigenvalue weighted by molar-refractivity contribution is -0.132. The molecule has 0 saturated heterocycles. The second-order valence-electron chi connectivity index (χ2n) is 8.04. The highest BCUT2D eigenvalue weighted by molar-refractivity contribution is 9.10. The van der Waals surface area contributed by atoms with Crippen LogP contribution in [0.25, 0.3) is 0 Å². The number of rotatable bonds is 12. The van der Waals surface area contributed by atoms with E-state index in [1.54, 1.807) is 47.6 Å². The molecule has 10 heteroatoms. The summed E-state index contributed by atoms with van der Waals surface area (Å²) in [6.45, 7) is 2.74. The van der Waals surface area contributed by atoms with Gasteiger partial charge in [-0.25, -0.2) is 12.8 Å². The molecule has 3 aromatic rings. The van der Waals surface area contributed by atoms with E-state index in [2.05, 4.69) is 15.9 Å². The van der Waals surface area contributed by atoms with Gasteiger partial charge in [-0.3, -0.25) is 4.79 Å². The van der Waals surface area contributed by atoms with Crippen LogP contribution in [0.2, 0.25) is 0 Å². The molecule has 0 aliphatic heterocycles. The van der Waals surface area contributed by atoms with Crippen molar-refractivity contribution in [2.45, 2.75) is 31.3 Å². The summed E-state index contributed by atoms with van der Waals surface area (Å²) in [6, 6.07) is 14.3. The van der Waals surface area contributed by atoms with E-state index in [0.29, 0.717) is 19.6 Å². The SMILES string of the molecule is COCCCN(CC(=O)N(Cc1ccc(F)cc1)Cc1sccc1C)S(=O)(=O)c1ccc(Br)cc1. The minimum absolute atomic E-state index is 0.116. The molecule has 0 bridgehead atoms. The molecule has 6 nitrogen and oxygen atoms in total. The van der Waals surface area contributed by atoms with Crippen LogP contribution in [-0.4, -0.2) is 50.3 Å². The maximum Gasteiger partial charge on any atom is 0.243 e. The Kier molecular flexibility index (Phi) is 9.99. The number of amides is 1. The molecule has 0 aliphatic rings. The van der Waals surface area contributed by atoms with Crippen LogP contribution in [0.1, 0.15) is 22.4 Å². The Balaban J connectivity index is 1.87. The number of carbonyl (C=O) groups excluding carboxylic acids is 1. The Morgan fingerprint density at radius 3 is 2.34 bits per heavy atom. The summed E-state index contributed by atoms with van der Waals surface area (Å²) in [5, 5.41) is 1.96. The highest BCUT2D eigenvalue weighted by Crippen LogP contribution is 2.22. The minimum Gasteiger partial charge on any atom is -0.385 e. The lowest BCUT2D eigenvalue weighted by atomic mass is 10.2. The van der Waals surface area contributed by atoms with Crippen LogP contribution in [0.3, 0.4) is 0 Å². The van der Waals surface area contributed by atoms with Crippen molar-refractivity contribution in [1.82, 2.24) is 9.21 Å². The van der Waals surface area contributed by atoms with Crippen LogP contribution in [-0.2, 0) is 32.6 Å². The largest absolute Gasteiger partial charge is 0.385 e. The van der Waals surface area contributed by atoms with Crippen LogP contribution >= 0.6 is 27.3 Å². The molecular weight excluding hydrogens is 555 g/mol. The molecule has 0 atom stereocenters. The average molecular weight is 584 g/mol. The summed E-state index contributed by atoms with van der Waals surface area (Å²) in [6.07, 6.45) is 0.446. The van der Waals surface area contributed by atoms with Gasteiger partial charge in [0.05, 0.1) is 18.0 Å². The lowest BCUT2D eigenvalue weighted by Gasteiger charge is -2.27. The van der Waals surface area contributed by atoms with Gasteiger partial charge in [0.25, 0.3) is 0 Å². The zero-order valence-electron chi connectivity index (χ0n) is 19.6. The summed E-state index contributed by atoms with van der Waals surface area (Å²) >= 11 is 4.86. The van der Waals surface area contributed by atoms with E-state index in [1.807, 2.05) is 18.4 Å². The van der Waals surface area contributed by atoms with E-state index in [1.165, 1.54) is 28.6 Å². The van der Waals surface area contributed by atoms with E-state index in [9.17, 15) is 17.6 Å². The number of nitrogens with zero attached hydrogens (tertiary/aromatic N) is 2. The molecule has 1 heterocycles. The second-order valence-corrected chi connectivity index (χ2v) is 11.9. The van der Waals surface area contributed by atoms with E-state index in [-0.39, 0.29) is 36.3 Å². The van der Waals surface area contributed by atoms with Gasteiger partial charge in [-0.2, -0.15) is 4.31 Å². The summed E-state index contributed by atoms with van der Waals surface area (Å²) in [5.41, 5.74) is 1.82. The first kappa shape index (κ1) is 27.5. The molecule has 1 amide bonds. The fraction of sp³-hybridized carbons (Fsp3) is 0.320. The first-order chi connectivity index (χ1) is 16.7. The summed E-state index contributed by atoms with van der Waals surface area (Å²) < 4.78 is 47.3. The molecule has 0 saturated carbocycles. The van der Waals surface area contributed by atoms with Gasteiger partial charge in [0, 0.05) is 36.2 Å². The van der Waals surface area contributed by atoms with Crippen molar-refractivity contribution in [2.75, 3.05) is 26.8 Å². The molecule has 188 valence electrons. The van der Waals surface area contributed by atoms with E-state index in [4.69, 9.17) is 4.74 Å². The van der Waals surface area contributed by atoms with Crippen molar-refractivity contribution in [3.8, 4) is 0 Å². The van der Waals surface area contributed by atoms with Gasteiger partial charge >= 0.3 is 0 Å². The number of halogens is 2. The fourth-order valence-corrected chi connectivity index (χ4v) is 6.07. The minimum atomic E-state index is -3.91. The van der Waals surface area contributed by atoms with Gasteiger partial charge in [0.15, 0.2) is 0 Å². The number of sulfonamides is 1. The molecule has 0 radical (unpaired) electrons. The smallest absolute Gasteiger partial charge is 0.243 e. The third-order valence-corrected chi connectivity index (χ3v) is 8.86. The quantitative estimate of drug-likeness (QED) is 0.275. The number of hydrogen-bond acceptors (Lipinski definition) is 5. The van der Waals surface area contributed by atoms with Crippen molar-refractivity contribution in [2.24, 2.45) is 0 Å². The summed E-state index contributed by atoms with van der Waals surface area (Å²) in [5.74, 6) is -0.689. The molecule has 0 N–H and O–H groups in total. The number of hydrogen-bond donors (Lipinski definition) is 0. The van der Waals surface area contributed by atoms with Gasteiger partial charge in [-0.05, 0) is 72.3 Å². The van der Waals surface area contributed by atoms with Crippen LogP contribution in [0.4, 0.5) is 4.39 Å². The number of aryl methyl sites for hydroxylation is 1. The lowest BCUT2D eigenvalue weighted by Crippen LogP contribution is -2.43. The molecule has 2 aromatic carbocycles. The Morgan fingerprint density at radius 1 is 1.06 bits per heavy atom. The van der Waals surface area contributed by atoms with Gasteiger partial charge in [0.1, 0.15) is 5.82 Å². The number of carbonyl (C=O) groups is 1. The zero-order chi connectivity index (χ0) is 25.4. The Hall–Kier alpha value is -2.11. The molecule has 0 spiro atoms. The highest BCUT2D eigenvalue weighted by Gasteiger charge is 2.28. The normalized spacial score (nSPS) is 11.7. The third kappa shape index (κ3) is 7.68. The van der Waals surface area contributed by atoms with E-state index < -0.39 is 10.0 Å². The Labute approximate surface area is 218 Å². The summed E-state index contributed by atoms with van der Waals surface area (Å²) in [4.78, 5) is 16.3. The Morgan fingerprint density at radius 2 is 1.74 bits per heavy atom. The van der Waals surface area contributed by atoms with Gasteiger partial charge in [-0.15, -0.1) is 11.3 Å². The maximum absolute atomic E-state index is 13.5. The first-order valence-electron chi connectivity index (χ1n) is 11.0. The van der Waals surface area contributed by atoms with E-state index in [0.717, 1.165) is 20.5 Å². The number of ether oxygens (including phenoxy) is 1.